The quantitative estimate of drug-likeness (QED) is 0.799. The lowest BCUT2D eigenvalue weighted by Crippen LogP contribution is -2.45. The Hall–Kier alpha value is -0.970. The van der Waals surface area contributed by atoms with Crippen molar-refractivity contribution in [3.63, 3.8) is 0 Å². The molecule has 0 aliphatic heterocycles. The molecule has 17 heavy (non-hydrogen) atoms. The van der Waals surface area contributed by atoms with Gasteiger partial charge < -0.3 is 15.2 Å². The largest absolute Gasteiger partial charge is 0.387 e. The number of nitrogens with one attached hydrogen (secondary N) is 1. The number of β-amino-alcohol motifs (C(OH)–C–C–N with tert-alkyl or cyclic N) is 1. The average molecular weight is 241 g/mol. The van der Waals surface area contributed by atoms with Crippen molar-refractivity contribution in [2.24, 2.45) is 0 Å². The van der Waals surface area contributed by atoms with E-state index in [-0.39, 0.29) is 11.4 Å². The second-order valence-corrected chi connectivity index (χ2v) is 4.77. The van der Waals surface area contributed by atoms with Crippen LogP contribution in [0.2, 0.25) is 0 Å². The molecule has 1 unspecified atom stereocenters. The summed E-state index contributed by atoms with van der Waals surface area (Å²) in [6.45, 7) is 4.87. The van der Waals surface area contributed by atoms with Gasteiger partial charge in [0.05, 0.1) is 12.7 Å². The third-order valence-electron chi connectivity index (χ3n) is 2.51. The van der Waals surface area contributed by atoms with E-state index in [0.717, 1.165) is 0 Å². The van der Waals surface area contributed by atoms with E-state index in [4.69, 9.17) is 4.74 Å². The summed E-state index contributed by atoms with van der Waals surface area (Å²) in [4.78, 5) is 0. The summed E-state index contributed by atoms with van der Waals surface area (Å²) in [6, 6.07) is 6.00. The predicted octanol–water partition coefficient (Wildman–Crippen LogP) is 1.87. The Balaban J connectivity index is 2.52. The fourth-order valence-corrected chi connectivity index (χ4v) is 1.62. The van der Waals surface area contributed by atoms with E-state index in [1.165, 1.54) is 12.1 Å². The fourth-order valence-electron chi connectivity index (χ4n) is 1.62. The predicted molar refractivity (Wildman–Crippen MR) is 65.3 cm³/mol. The van der Waals surface area contributed by atoms with Crippen molar-refractivity contribution >= 4 is 0 Å². The minimum Gasteiger partial charge on any atom is -0.387 e. The lowest BCUT2D eigenvalue weighted by atomic mass is 10.0. The number of ether oxygens (including phenoxy) is 1. The zero-order chi connectivity index (χ0) is 12.9. The summed E-state index contributed by atoms with van der Waals surface area (Å²) < 4.78 is 18.0. The highest BCUT2D eigenvalue weighted by atomic mass is 19.1. The molecule has 0 fully saturated rings. The van der Waals surface area contributed by atoms with Gasteiger partial charge >= 0.3 is 0 Å². The molecule has 4 heteroatoms. The van der Waals surface area contributed by atoms with Gasteiger partial charge in [0.15, 0.2) is 0 Å². The zero-order valence-corrected chi connectivity index (χ0v) is 10.5. The van der Waals surface area contributed by atoms with Crippen molar-refractivity contribution in [2.75, 3.05) is 20.3 Å². The van der Waals surface area contributed by atoms with Crippen molar-refractivity contribution in [2.45, 2.75) is 25.5 Å². The van der Waals surface area contributed by atoms with Gasteiger partial charge in [0.2, 0.25) is 0 Å². The van der Waals surface area contributed by atoms with E-state index in [1.54, 1.807) is 19.2 Å². The molecule has 1 atom stereocenters. The number of halogens is 1. The molecule has 0 radical (unpaired) electrons. The summed E-state index contributed by atoms with van der Waals surface area (Å²) in [5, 5.41) is 13.1. The molecule has 0 spiro atoms. The van der Waals surface area contributed by atoms with Gasteiger partial charge in [-0.05, 0) is 31.5 Å². The van der Waals surface area contributed by atoms with Crippen LogP contribution < -0.4 is 5.32 Å². The SMILES string of the molecule is COCC(C)(C)NCC(O)c1cccc(F)c1. The molecule has 3 nitrogen and oxygen atoms in total. The van der Waals surface area contributed by atoms with Gasteiger partial charge in [0.25, 0.3) is 0 Å². The molecule has 0 aliphatic rings. The third kappa shape index (κ3) is 4.81. The highest BCUT2D eigenvalue weighted by molar-refractivity contribution is 5.19. The van der Waals surface area contributed by atoms with Crippen molar-refractivity contribution < 1.29 is 14.2 Å². The molecule has 1 rings (SSSR count). The van der Waals surface area contributed by atoms with Crippen LogP contribution in [0.1, 0.15) is 25.5 Å². The number of benzene rings is 1. The zero-order valence-electron chi connectivity index (χ0n) is 10.5. The molecule has 0 saturated heterocycles. The van der Waals surface area contributed by atoms with E-state index in [1.807, 2.05) is 13.8 Å². The molecule has 0 amide bonds. The molecular formula is C13H20FNO2. The van der Waals surface area contributed by atoms with E-state index in [2.05, 4.69) is 5.32 Å². The van der Waals surface area contributed by atoms with Crippen LogP contribution in [0.3, 0.4) is 0 Å². The number of rotatable bonds is 6. The fraction of sp³-hybridized carbons (Fsp3) is 0.538. The highest BCUT2D eigenvalue weighted by Gasteiger charge is 2.18. The van der Waals surface area contributed by atoms with Crippen molar-refractivity contribution in [1.82, 2.24) is 5.32 Å². The first-order chi connectivity index (χ1) is 7.94. The second-order valence-electron chi connectivity index (χ2n) is 4.77. The van der Waals surface area contributed by atoms with Crippen LogP contribution >= 0.6 is 0 Å². The minimum absolute atomic E-state index is 0.219. The molecule has 0 bridgehead atoms. The monoisotopic (exact) mass is 241 g/mol. The van der Waals surface area contributed by atoms with Crippen LogP contribution in [0.25, 0.3) is 0 Å². The van der Waals surface area contributed by atoms with Crippen LogP contribution in [0.15, 0.2) is 24.3 Å². The summed E-state index contributed by atoms with van der Waals surface area (Å²) in [7, 11) is 1.63. The number of hydrogen-bond donors (Lipinski definition) is 2. The van der Waals surface area contributed by atoms with Crippen molar-refractivity contribution in [1.29, 1.82) is 0 Å². The first-order valence-electron chi connectivity index (χ1n) is 5.62. The Labute approximate surface area is 102 Å². The minimum atomic E-state index is -0.721. The number of aliphatic hydroxyl groups is 1. The van der Waals surface area contributed by atoms with Crippen molar-refractivity contribution in [3.05, 3.63) is 35.6 Å². The maximum atomic E-state index is 13.0. The van der Waals surface area contributed by atoms with E-state index < -0.39 is 6.10 Å². The number of aliphatic hydroxyl groups excluding tert-OH is 1. The van der Waals surface area contributed by atoms with Crippen LogP contribution in [0.4, 0.5) is 4.39 Å². The average Bonchev–Trinajstić information content (AvgIpc) is 2.26. The standard InChI is InChI=1S/C13H20FNO2/c1-13(2,9-17-3)15-8-12(16)10-5-4-6-11(14)7-10/h4-7,12,15-16H,8-9H2,1-3H3. The van der Waals surface area contributed by atoms with Gasteiger partial charge in [0.1, 0.15) is 5.82 Å². The topological polar surface area (TPSA) is 41.5 Å². The molecule has 2 N–H and O–H groups in total. The summed E-state index contributed by atoms with van der Waals surface area (Å²) in [5.74, 6) is -0.335. The smallest absolute Gasteiger partial charge is 0.123 e. The second kappa shape index (κ2) is 6.10. The molecular weight excluding hydrogens is 221 g/mol. The van der Waals surface area contributed by atoms with E-state index >= 15 is 0 Å². The third-order valence-corrected chi connectivity index (χ3v) is 2.51. The van der Waals surface area contributed by atoms with E-state index in [9.17, 15) is 9.50 Å². The molecule has 0 aliphatic carbocycles. The molecule has 1 aromatic rings. The Morgan fingerprint density at radius 1 is 1.47 bits per heavy atom. The Morgan fingerprint density at radius 3 is 2.76 bits per heavy atom. The van der Waals surface area contributed by atoms with Crippen LogP contribution in [-0.4, -0.2) is 30.9 Å². The van der Waals surface area contributed by atoms with Crippen LogP contribution in [0.5, 0.6) is 0 Å². The highest BCUT2D eigenvalue weighted by Crippen LogP contribution is 2.14. The van der Waals surface area contributed by atoms with Gasteiger partial charge in [-0.1, -0.05) is 12.1 Å². The number of methoxy groups -OCH3 is 1. The Bertz CT molecular complexity index is 355. The van der Waals surface area contributed by atoms with Gasteiger partial charge in [-0.2, -0.15) is 0 Å². The molecule has 0 aromatic heterocycles. The normalized spacial score (nSPS) is 13.7. The molecule has 96 valence electrons. The molecule has 0 saturated carbocycles. The number of hydrogen-bond acceptors (Lipinski definition) is 3. The van der Waals surface area contributed by atoms with E-state index in [0.29, 0.717) is 18.7 Å². The van der Waals surface area contributed by atoms with Crippen LogP contribution in [-0.2, 0) is 4.74 Å². The molecule has 1 aromatic carbocycles. The summed E-state index contributed by atoms with van der Waals surface area (Å²) in [5.41, 5.74) is 0.356. The molecule has 0 heterocycles. The van der Waals surface area contributed by atoms with Gasteiger partial charge in [-0.15, -0.1) is 0 Å². The Kier molecular flexibility index (Phi) is 5.05. The lowest BCUT2D eigenvalue weighted by molar-refractivity contribution is 0.107. The first-order valence-corrected chi connectivity index (χ1v) is 5.62. The summed E-state index contributed by atoms with van der Waals surface area (Å²) in [6.07, 6.45) is -0.721. The van der Waals surface area contributed by atoms with Crippen molar-refractivity contribution in [3.8, 4) is 0 Å². The Morgan fingerprint density at radius 2 is 2.18 bits per heavy atom. The maximum absolute atomic E-state index is 13.0. The maximum Gasteiger partial charge on any atom is 0.123 e. The first kappa shape index (κ1) is 14.1. The van der Waals surface area contributed by atoms with Gasteiger partial charge in [-0.25, -0.2) is 4.39 Å². The van der Waals surface area contributed by atoms with Gasteiger partial charge in [0, 0.05) is 19.2 Å². The van der Waals surface area contributed by atoms with Gasteiger partial charge in [-0.3, -0.25) is 0 Å². The lowest BCUT2D eigenvalue weighted by Gasteiger charge is -2.27. The summed E-state index contributed by atoms with van der Waals surface area (Å²) >= 11 is 0. The van der Waals surface area contributed by atoms with Crippen LogP contribution in [0, 0.1) is 5.82 Å².